The smallest absolute Gasteiger partial charge is 0.0829 e. The maximum absolute atomic E-state index is 5.73. The monoisotopic (exact) mass is 199 g/mol. The molecule has 0 bridgehead atoms. The van der Waals surface area contributed by atoms with Crippen molar-refractivity contribution in [1.82, 2.24) is 9.80 Å². The zero-order valence-corrected chi connectivity index (χ0v) is 8.98. The molecule has 1 unspecified atom stereocenters. The highest BCUT2D eigenvalue weighted by molar-refractivity contribution is 4.85. The maximum atomic E-state index is 5.73. The van der Waals surface area contributed by atoms with Crippen LogP contribution in [0.25, 0.3) is 0 Å². The number of likely N-dealkylation sites (tertiary alicyclic amines) is 1. The average Bonchev–Trinajstić information content (AvgIpc) is 2.16. The van der Waals surface area contributed by atoms with Gasteiger partial charge in [0, 0.05) is 38.8 Å². The van der Waals surface area contributed by atoms with Crippen molar-refractivity contribution >= 4 is 0 Å². The molecule has 1 atom stereocenters. The first-order valence-corrected chi connectivity index (χ1v) is 5.60. The molecule has 0 aromatic heterocycles. The van der Waals surface area contributed by atoms with E-state index in [1.54, 1.807) is 0 Å². The molecule has 2 saturated heterocycles. The van der Waals surface area contributed by atoms with Crippen LogP contribution in [0.15, 0.2) is 0 Å². The van der Waals surface area contributed by atoms with Gasteiger partial charge in [-0.05, 0) is 6.54 Å². The second kappa shape index (κ2) is 4.57. The number of ether oxygens (including phenoxy) is 1. The summed E-state index contributed by atoms with van der Waals surface area (Å²) in [5.74, 6) is 0. The van der Waals surface area contributed by atoms with Gasteiger partial charge >= 0.3 is 0 Å². The van der Waals surface area contributed by atoms with Crippen LogP contribution >= 0.6 is 0 Å². The quantitative estimate of drug-likeness (QED) is 0.656. The van der Waals surface area contributed by atoms with Crippen molar-refractivity contribution in [2.75, 3.05) is 45.9 Å². The van der Waals surface area contributed by atoms with Crippen molar-refractivity contribution in [1.29, 1.82) is 0 Å². The van der Waals surface area contributed by atoms with E-state index < -0.39 is 0 Å². The van der Waals surface area contributed by atoms with Crippen molar-refractivity contribution < 1.29 is 4.74 Å². The summed E-state index contributed by atoms with van der Waals surface area (Å²) in [5, 5.41) is 0. The first kappa shape index (κ1) is 10.4. The zero-order valence-electron chi connectivity index (χ0n) is 8.98. The fraction of sp³-hybridized carbons (Fsp3) is 1.00. The van der Waals surface area contributed by atoms with Gasteiger partial charge in [-0.1, -0.05) is 6.92 Å². The molecule has 0 radical (unpaired) electrons. The molecular formula is C10H21N3O. The first-order chi connectivity index (χ1) is 6.78. The highest BCUT2D eigenvalue weighted by Crippen LogP contribution is 2.11. The van der Waals surface area contributed by atoms with Crippen molar-refractivity contribution in [3.05, 3.63) is 0 Å². The summed E-state index contributed by atoms with van der Waals surface area (Å²) in [6, 6.07) is 0.404. The minimum atomic E-state index is 0.399. The first-order valence-electron chi connectivity index (χ1n) is 5.60. The van der Waals surface area contributed by atoms with Crippen LogP contribution in [0.3, 0.4) is 0 Å². The molecule has 82 valence electrons. The molecule has 2 rings (SSSR count). The van der Waals surface area contributed by atoms with Gasteiger partial charge in [0.05, 0.1) is 12.7 Å². The topological polar surface area (TPSA) is 41.7 Å². The fourth-order valence-corrected chi connectivity index (χ4v) is 2.22. The van der Waals surface area contributed by atoms with E-state index in [0.29, 0.717) is 12.1 Å². The molecule has 2 aliphatic rings. The Morgan fingerprint density at radius 1 is 1.29 bits per heavy atom. The minimum Gasteiger partial charge on any atom is -0.374 e. The SMILES string of the molecule is CCN1CCOC(CN2CC(N)C2)C1. The van der Waals surface area contributed by atoms with E-state index in [0.717, 1.165) is 45.9 Å². The van der Waals surface area contributed by atoms with Crippen molar-refractivity contribution in [2.45, 2.75) is 19.1 Å². The number of hydrogen-bond donors (Lipinski definition) is 1. The number of likely N-dealkylation sites (N-methyl/N-ethyl adjacent to an activating group) is 1. The van der Waals surface area contributed by atoms with Crippen LogP contribution in [0.4, 0.5) is 0 Å². The molecule has 2 aliphatic heterocycles. The zero-order chi connectivity index (χ0) is 9.97. The number of nitrogens with two attached hydrogens (primary N) is 1. The lowest BCUT2D eigenvalue weighted by atomic mass is 10.1. The van der Waals surface area contributed by atoms with E-state index in [1.807, 2.05) is 0 Å². The van der Waals surface area contributed by atoms with E-state index >= 15 is 0 Å². The van der Waals surface area contributed by atoms with E-state index in [-0.39, 0.29) is 0 Å². The van der Waals surface area contributed by atoms with Gasteiger partial charge in [-0.15, -0.1) is 0 Å². The second-order valence-corrected chi connectivity index (χ2v) is 4.36. The largest absolute Gasteiger partial charge is 0.374 e. The Labute approximate surface area is 86.0 Å². The Balaban J connectivity index is 1.69. The lowest BCUT2D eigenvalue weighted by molar-refractivity contribution is -0.0515. The van der Waals surface area contributed by atoms with E-state index in [1.165, 1.54) is 0 Å². The Morgan fingerprint density at radius 2 is 2.07 bits per heavy atom. The predicted molar refractivity (Wildman–Crippen MR) is 56.3 cm³/mol. The highest BCUT2D eigenvalue weighted by Gasteiger charge is 2.28. The van der Waals surface area contributed by atoms with Crippen LogP contribution in [-0.4, -0.2) is 67.8 Å². The number of morpholine rings is 1. The van der Waals surface area contributed by atoms with Gasteiger partial charge in [0.25, 0.3) is 0 Å². The molecule has 14 heavy (non-hydrogen) atoms. The molecule has 4 heteroatoms. The lowest BCUT2D eigenvalue weighted by Gasteiger charge is -2.41. The summed E-state index contributed by atoms with van der Waals surface area (Å²) in [5.41, 5.74) is 5.73. The van der Waals surface area contributed by atoms with Gasteiger partial charge in [0.1, 0.15) is 0 Å². The summed E-state index contributed by atoms with van der Waals surface area (Å²) in [6.45, 7) is 9.57. The van der Waals surface area contributed by atoms with Crippen molar-refractivity contribution in [3.63, 3.8) is 0 Å². The summed E-state index contributed by atoms with van der Waals surface area (Å²) in [6.07, 6.45) is 0.399. The fourth-order valence-electron chi connectivity index (χ4n) is 2.22. The third-order valence-electron chi connectivity index (χ3n) is 3.12. The standard InChI is InChI=1S/C10H21N3O/c1-2-12-3-4-14-10(7-12)8-13-5-9(11)6-13/h9-10H,2-8,11H2,1H3. The molecule has 0 aromatic carbocycles. The number of hydrogen-bond acceptors (Lipinski definition) is 4. The van der Waals surface area contributed by atoms with Crippen molar-refractivity contribution in [3.8, 4) is 0 Å². The Hall–Kier alpha value is -0.160. The van der Waals surface area contributed by atoms with Gasteiger partial charge in [-0.25, -0.2) is 0 Å². The van der Waals surface area contributed by atoms with Gasteiger partial charge in [0.2, 0.25) is 0 Å². The molecule has 0 saturated carbocycles. The third-order valence-corrected chi connectivity index (χ3v) is 3.12. The molecule has 2 fully saturated rings. The Morgan fingerprint density at radius 3 is 2.71 bits per heavy atom. The lowest BCUT2D eigenvalue weighted by Crippen LogP contribution is -2.59. The van der Waals surface area contributed by atoms with Crippen LogP contribution in [0, 0.1) is 0 Å². The normalized spacial score (nSPS) is 31.7. The molecule has 0 spiro atoms. The van der Waals surface area contributed by atoms with E-state index in [2.05, 4.69) is 16.7 Å². The molecule has 0 aliphatic carbocycles. The van der Waals surface area contributed by atoms with Crippen molar-refractivity contribution in [2.24, 2.45) is 5.73 Å². The van der Waals surface area contributed by atoms with Crippen LogP contribution in [0.2, 0.25) is 0 Å². The third kappa shape index (κ3) is 2.45. The number of rotatable bonds is 3. The van der Waals surface area contributed by atoms with Crippen LogP contribution in [-0.2, 0) is 4.74 Å². The minimum absolute atomic E-state index is 0.399. The van der Waals surface area contributed by atoms with E-state index in [9.17, 15) is 0 Å². The number of nitrogens with zero attached hydrogens (tertiary/aromatic N) is 2. The Kier molecular flexibility index (Phi) is 3.38. The van der Waals surface area contributed by atoms with Crippen LogP contribution in [0.1, 0.15) is 6.92 Å². The predicted octanol–water partition coefficient (Wildman–Crippen LogP) is -0.650. The molecular weight excluding hydrogens is 178 g/mol. The van der Waals surface area contributed by atoms with Gasteiger partial charge in [-0.3, -0.25) is 9.80 Å². The summed E-state index contributed by atoms with van der Waals surface area (Å²) >= 11 is 0. The van der Waals surface area contributed by atoms with Gasteiger partial charge in [-0.2, -0.15) is 0 Å². The van der Waals surface area contributed by atoms with Gasteiger partial charge < -0.3 is 10.5 Å². The van der Waals surface area contributed by atoms with Gasteiger partial charge in [0.15, 0.2) is 0 Å². The summed E-state index contributed by atoms with van der Waals surface area (Å²) in [7, 11) is 0. The highest BCUT2D eigenvalue weighted by atomic mass is 16.5. The molecule has 2 N–H and O–H groups in total. The molecule has 0 aromatic rings. The van der Waals surface area contributed by atoms with Crippen LogP contribution in [0.5, 0.6) is 0 Å². The summed E-state index contributed by atoms with van der Waals surface area (Å²) in [4.78, 5) is 4.84. The maximum Gasteiger partial charge on any atom is 0.0829 e. The molecule has 2 heterocycles. The average molecular weight is 199 g/mol. The molecule has 0 amide bonds. The van der Waals surface area contributed by atoms with Crippen LogP contribution < -0.4 is 5.73 Å². The van der Waals surface area contributed by atoms with E-state index in [4.69, 9.17) is 10.5 Å². The molecule has 4 nitrogen and oxygen atoms in total. The summed E-state index contributed by atoms with van der Waals surface area (Å²) < 4.78 is 5.73. The second-order valence-electron chi connectivity index (χ2n) is 4.36. The Bertz CT molecular complexity index is 182.